The standard InChI is InChI=1S/C20H30N2O4S/c1-15-6-10-17(11-7-15)22(4)20(23)13-9-16-8-12-18(26-5)19(14-16)27(24,25)21(2)3/h8-9,12-15,17H,6-7,10-11H2,1-5H3/b13-9+. The lowest BCUT2D eigenvalue weighted by Gasteiger charge is -2.33. The fourth-order valence-corrected chi connectivity index (χ4v) is 4.37. The van der Waals surface area contributed by atoms with Crippen molar-refractivity contribution < 1.29 is 17.9 Å². The Morgan fingerprint density at radius 2 is 1.78 bits per heavy atom. The average Bonchev–Trinajstić information content (AvgIpc) is 2.65. The lowest BCUT2D eigenvalue weighted by molar-refractivity contribution is -0.127. The molecule has 1 aliphatic carbocycles. The number of carbonyl (C=O) groups excluding carboxylic acids is 1. The van der Waals surface area contributed by atoms with Gasteiger partial charge in [0.1, 0.15) is 10.6 Å². The largest absolute Gasteiger partial charge is 0.495 e. The third kappa shape index (κ3) is 5.11. The van der Waals surface area contributed by atoms with Crippen LogP contribution in [0, 0.1) is 5.92 Å². The van der Waals surface area contributed by atoms with Crippen LogP contribution in [0.15, 0.2) is 29.2 Å². The van der Waals surface area contributed by atoms with E-state index in [1.807, 2.05) is 7.05 Å². The highest BCUT2D eigenvalue weighted by atomic mass is 32.2. The zero-order valence-corrected chi connectivity index (χ0v) is 17.6. The van der Waals surface area contributed by atoms with Gasteiger partial charge >= 0.3 is 0 Å². The minimum Gasteiger partial charge on any atom is -0.495 e. The van der Waals surface area contributed by atoms with Crippen molar-refractivity contribution in [3.63, 3.8) is 0 Å². The van der Waals surface area contributed by atoms with Crippen molar-refractivity contribution in [1.82, 2.24) is 9.21 Å². The highest BCUT2D eigenvalue weighted by Gasteiger charge is 2.24. The molecule has 6 nitrogen and oxygen atoms in total. The molecule has 1 amide bonds. The summed E-state index contributed by atoms with van der Waals surface area (Å²) >= 11 is 0. The summed E-state index contributed by atoms with van der Waals surface area (Å²) in [4.78, 5) is 14.4. The topological polar surface area (TPSA) is 66.9 Å². The number of likely N-dealkylation sites (N-methyl/N-ethyl adjacent to an activating group) is 1. The molecule has 1 aliphatic rings. The molecule has 1 aromatic rings. The Morgan fingerprint density at radius 3 is 2.33 bits per heavy atom. The molecule has 1 saturated carbocycles. The van der Waals surface area contributed by atoms with Gasteiger partial charge in [-0.15, -0.1) is 0 Å². The van der Waals surface area contributed by atoms with Crippen molar-refractivity contribution in [3.05, 3.63) is 29.8 Å². The quantitative estimate of drug-likeness (QED) is 0.696. The molecule has 1 aromatic carbocycles. The predicted molar refractivity (Wildman–Crippen MR) is 107 cm³/mol. The lowest BCUT2D eigenvalue weighted by atomic mass is 9.87. The van der Waals surface area contributed by atoms with Gasteiger partial charge in [-0.3, -0.25) is 4.79 Å². The Balaban J connectivity index is 2.18. The van der Waals surface area contributed by atoms with E-state index in [1.54, 1.807) is 23.1 Å². The summed E-state index contributed by atoms with van der Waals surface area (Å²) in [5, 5.41) is 0. The number of carbonyl (C=O) groups is 1. The molecular weight excluding hydrogens is 364 g/mol. The van der Waals surface area contributed by atoms with Gasteiger partial charge in [0.2, 0.25) is 15.9 Å². The average molecular weight is 395 g/mol. The molecule has 0 heterocycles. The van der Waals surface area contributed by atoms with Gasteiger partial charge in [-0.05, 0) is 55.4 Å². The van der Waals surface area contributed by atoms with Crippen LogP contribution in [-0.2, 0) is 14.8 Å². The molecule has 0 atom stereocenters. The fraction of sp³-hybridized carbons (Fsp3) is 0.550. The van der Waals surface area contributed by atoms with Crippen LogP contribution < -0.4 is 4.74 Å². The highest BCUT2D eigenvalue weighted by Crippen LogP contribution is 2.28. The molecule has 0 N–H and O–H groups in total. The summed E-state index contributed by atoms with van der Waals surface area (Å²) in [6.07, 6.45) is 7.52. The van der Waals surface area contributed by atoms with E-state index in [9.17, 15) is 13.2 Å². The lowest BCUT2D eigenvalue weighted by Crippen LogP contribution is -2.38. The number of hydrogen-bond acceptors (Lipinski definition) is 4. The zero-order chi connectivity index (χ0) is 20.2. The number of benzene rings is 1. The molecule has 2 rings (SSSR count). The number of hydrogen-bond donors (Lipinski definition) is 0. The fourth-order valence-electron chi connectivity index (χ4n) is 3.29. The second-order valence-corrected chi connectivity index (χ2v) is 9.51. The molecule has 0 unspecified atom stereocenters. The monoisotopic (exact) mass is 394 g/mol. The number of ether oxygens (including phenoxy) is 1. The summed E-state index contributed by atoms with van der Waals surface area (Å²) in [7, 11) is 2.58. The number of nitrogens with zero attached hydrogens (tertiary/aromatic N) is 2. The first-order valence-electron chi connectivity index (χ1n) is 9.22. The van der Waals surface area contributed by atoms with E-state index in [0.29, 0.717) is 5.56 Å². The molecule has 0 spiro atoms. The van der Waals surface area contributed by atoms with E-state index < -0.39 is 10.0 Å². The van der Waals surface area contributed by atoms with Gasteiger partial charge in [0.15, 0.2) is 0 Å². The van der Waals surface area contributed by atoms with E-state index in [0.717, 1.165) is 35.9 Å². The number of methoxy groups -OCH3 is 1. The molecule has 0 radical (unpaired) electrons. The predicted octanol–water partition coefficient (Wildman–Crippen LogP) is 3.00. The molecule has 27 heavy (non-hydrogen) atoms. The molecular formula is C20H30N2O4S. The summed E-state index contributed by atoms with van der Waals surface area (Å²) in [6.45, 7) is 2.25. The van der Waals surface area contributed by atoms with Crippen molar-refractivity contribution in [2.75, 3.05) is 28.3 Å². The van der Waals surface area contributed by atoms with E-state index >= 15 is 0 Å². The molecule has 7 heteroatoms. The SMILES string of the molecule is COc1ccc(/C=C/C(=O)N(C)C2CCC(C)CC2)cc1S(=O)(=O)N(C)C. The van der Waals surface area contributed by atoms with Gasteiger partial charge in [-0.2, -0.15) is 0 Å². The Hall–Kier alpha value is -1.86. The van der Waals surface area contributed by atoms with Gasteiger partial charge < -0.3 is 9.64 Å². The highest BCUT2D eigenvalue weighted by molar-refractivity contribution is 7.89. The van der Waals surface area contributed by atoms with Gasteiger partial charge in [-0.25, -0.2) is 12.7 Å². The van der Waals surface area contributed by atoms with Crippen LogP contribution in [0.3, 0.4) is 0 Å². The molecule has 0 saturated heterocycles. The number of amides is 1. The van der Waals surface area contributed by atoms with Gasteiger partial charge in [0.25, 0.3) is 0 Å². The van der Waals surface area contributed by atoms with Gasteiger partial charge in [-0.1, -0.05) is 13.0 Å². The van der Waals surface area contributed by atoms with Crippen LogP contribution in [0.1, 0.15) is 38.2 Å². The number of rotatable bonds is 6. The van der Waals surface area contributed by atoms with Crippen molar-refractivity contribution in [3.8, 4) is 5.75 Å². The summed E-state index contributed by atoms with van der Waals surface area (Å²) < 4.78 is 31.3. The first-order chi connectivity index (χ1) is 12.7. The van der Waals surface area contributed by atoms with Gasteiger partial charge in [0.05, 0.1) is 7.11 Å². The van der Waals surface area contributed by atoms with Gasteiger partial charge in [0, 0.05) is 33.3 Å². The summed E-state index contributed by atoms with van der Waals surface area (Å²) in [5.41, 5.74) is 0.634. The third-order valence-electron chi connectivity index (χ3n) is 5.25. The second-order valence-electron chi connectivity index (χ2n) is 7.39. The zero-order valence-electron chi connectivity index (χ0n) is 16.8. The summed E-state index contributed by atoms with van der Waals surface area (Å²) in [6, 6.07) is 5.14. The Morgan fingerprint density at radius 1 is 1.15 bits per heavy atom. The third-order valence-corrected chi connectivity index (χ3v) is 7.08. The van der Waals surface area contributed by atoms with Crippen molar-refractivity contribution in [1.29, 1.82) is 0 Å². The maximum Gasteiger partial charge on any atom is 0.246 e. The van der Waals surface area contributed by atoms with Crippen LogP contribution >= 0.6 is 0 Å². The van der Waals surface area contributed by atoms with Crippen LogP contribution in [0.4, 0.5) is 0 Å². The first kappa shape index (κ1) is 21.4. The number of sulfonamides is 1. The summed E-state index contributed by atoms with van der Waals surface area (Å²) in [5.74, 6) is 0.944. The minimum atomic E-state index is -3.64. The Kier molecular flexibility index (Phi) is 7.06. The van der Waals surface area contributed by atoms with Crippen LogP contribution in [0.2, 0.25) is 0 Å². The smallest absolute Gasteiger partial charge is 0.246 e. The van der Waals surface area contributed by atoms with Crippen LogP contribution in [-0.4, -0.2) is 57.8 Å². The first-order valence-corrected chi connectivity index (χ1v) is 10.7. The maximum atomic E-state index is 12.5. The molecule has 1 fully saturated rings. The van der Waals surface area contributed by atoms with Crippen molar-refractivity contribution in [2.45, 2.75) is 43.5 Å². The van der Waals surface area contributed by atoms with Crippen LogP contribution in [0.5, 0.6) is 5.75 Å². The minimum absolute atomic E-state index is 0.0672. The molecule has 0 bridgehead atoms. The van der Waals surface area contributed by atoms with Crippen LogP contribution in [0.25, 0.3) is 6.08 Å². The van der Waals surface area contributed by atoms with E-state index in [4.69, 9.17) is 4.74 Å². The molecule has 0 aliphatic heterocycles. The molecule has 0 aromatic heterocycles. The van der Waals surface area contributed by atoms with E-state index in [2.05, 4.69) is 6.92 Å². The normalized spacial score (nSPS) is 20.8. The Bertz CT molecular complexity index is 794. The second kappa shape index (κ2) is 8.89. The van der Waals surface area contributed by atoms with E-state index in [1.165, 1.54) is 33.3 Å². The maximum absolute atomic E-state index is 12.5. The Labute approximate surface area is 162 Å². The van der Waals surface area contributed by atoms with E-state index in [-0.39, 0.29) is 22.6 Å². The van der Waals surface area contributed by atoms with Crippen molar-refractivity contribution in [2.24, 2.45) is 5.92 Å². The molecule has 150 valence electrons. The van der Waals surface area contributed by atoms with Crippen molar-refractivity contribution >= 4 is 22.0 Å².